The van der Waals surface area contributed by atoms with Crippen LogP contribution in [0.2, 0.25) is 0 Å². The molecule has 0 aromatic rings. The molecule has 0 bridgehead atoms. The zero-order chi connectivity index (χ0) is 85.8. The zero-order valence-corrected chi connectivity index (χ0v) is 80.2. The third-order valence-electron chi connectivity index (χ3n) is 29.3. The van der Waals surface area contributed by atoms with Crippen LogP contribution in [0.3, 0.4) is 0 Å². The summed E-state index contributed by atoms with van der Waals surface area (Å²) in [6, 6.07) is 0. The van der Waals surface area contributed by atoms with Gasteiger partial charge in [0.25, 0.3) is 0 Å². The van der Waals surface area contributed by atoms with Gasteiger partial charge in [0.2, 0.25) is 0 Å². The van der Waals surface area contributed by atoms with E-state index in [0.717, 1.165) is 154 Å². The predicted molar refractivity (Wildman–Crippen MR) is 462 cm³/mol. The van der Waals surface area contributed by atoms with Crippen LogP contribution in [-0.2, 0) is 0 Å². The molecule has 3 unspecified atom stereocenters. The highest BCUT2D eigenvalue weighted by atomic mass is 19.2. The molecule has 3 aliphatic carbocycles. The first-order valence-corrected chi connectivity index (χ1v) is 44.8. The standard InChI is InChI=1S/C16H33F.C14H29F.2C12H25F.C11H23F.C10H21F.C9H17F.C7H13F.C6H11F/c1-10(2)14(11(3)4)16(9,17)15(12(5)6)13(7)8;1-8-12(5,9-2)14(7,15)13(6,10-3)11-4;1-8(2)11(9(3)4)12(7,13)10(5)6;1-6-10(7-2)12(5,13)11(8-3)9-4;1-7-10(5,8-2)11(6,12)9(3)4;1-6-9(7-2)10(5,11)8(3)4;1-8(2)4-6-9(3,10)7-5-8;1-7(8)5-3-2-4-6-7;1-6(7)4-2-3-5-6/h10-15H,1-9H3;8-11H2,1-7H3;8-11H,1-7H3;10-11H,6-9H2,1-5H3;9H,7-8H2,1-6H3;8-9H,6-7H2,1-5H3;4-7H2,1-3H3;2-6H2,1H3;2-5H2,1H3. The van der Waals surface area contributed by atoms with E-state index in [1.807, 2.05) is 62.3 Å². The fourth-order valence-corrected chi connectivity index (χ4v) is 18.9. The molecule has 3 aliphatic rings. The summed E-state index contributed by atoms with van der Waals surface area (Å²) in [5.74, 6) is 3.86. The maximum atomic E-state index is 15.4. The number of hydrogen-bond donors (Lipinski definition) is 0. The van der Waals surface area contributed by atoms with Gasteiger partial charge in [-0.3, -0.25) is 0 Å². The normalized spacial score (nSPS) is 18.7. The highest BCUT2D eigenvalue weighted by Crippen LogP contribution is 2.55. The molecule has 106 heavy (non-hydrogen) atoms. The van der Waals surface area contributed by atoms with Crippen LogP contribution in [0.1, 0.15) is 465 Å². The molecule has 0 radical (unpaired) electrons. The van der Waals surface area contributed by atoms with Crippen molar-refractivity contribution in [3.8, 4) is 0 Å². The molecular formula is C97H197F9. The molecule has 3 fully saturated rings. The number of alkyl halides is 9. The van der Waals surface area contributed by atoms with Crippen molar-refractivity contribution in [2.24, 2.45) is 110 Å². The van der Waals surface area contributed by atoms with Crippen molar-refractivity contribution in [3.05, 3.63) is 0 Å². The van der Waals surface area contributed by atoms with Gasteiger partial charge >= 0.3 is 0 Å². The molecule has 0 aromatic heterocycles. The average Bonchev–Trinajstić information content (AvgIpc) is 0.815. The van der Waals surface area contributed by atoms with E-state index >= 15 is 8.78 Å². The van der Waals surface area contributed by atoms with Gasteiger partial charge in [-0.05, 0) is 246 Å². The van der Waals surface area contributed by atoms with Crippen LogP contribution in [-0.4, -0.2) is 51.0 Å². The highest BCUT2D eigenvalue weighted by Gasteiger charge is 2.54. The fourth-order valence-electron chi connectivity index (χ4n) is 18.9. The Morgan fingerprint density at radius 2 is 0.462 bits per heavy atom. The third kappa shape index (κ3) is 38.7. The number of hydrogen-bond acceptors (Lipinski definition) is 0. The summed E-state index contributed by atoms with van der Waals surface area (Å²) in [5.41, 5.74) is -8.87. The van der Waals surface area contributed by atoms with Gasteiger partial charge < -0.3 is 0 Å². The smallest absolute Gasteiger partial charge is 0.118 e. The fraction of sp³-hybridized carbons (Fsp3) is 1.00. The van der Waals surface area contributed by atoms with E-state index in [1.54, 1.807) is 48.5 Å². The van der Waals surface area contributed by atoms with Crippen LogP contribution in [0, 0.1) is 110 Å². The summed E-state index contributed by atoms with van der Waals surface area (Å²) in [4.78, 5) is 0. The molecule has 0 amide bonds. The Morgan fingerprint density at radius 3 is 0.604 bits per heavy atom. The van der Waals surface area contributed by atoms with Gasteiger partial charge in [-0.25, -0.2) is 39.5 Å². The molecule has 3 rings (SSSR count). The monoisotopic (exact) mass is 1530 g/mol. The van der Waals surface area contributed by atoms with Crippen LogP contribution >= 0.6 is 0 Å². The second kappa shape index (κ2) is 51.4. The van der Waals surface area contributed by atoms with Crippen molar-refractivity contribution in [2.45, 2.75) is 516 Å². The van der Waals surface area contributed by atoms with Crippen molar-refractivity contribution < 1.29 is 39.5 Å². The lowest BCUT2D eigenvalue weighted by Gasteiger charge is -2.51. The van der Waals surface area contributed by atoms with Crippen molar-refractivity contribution in [3.63, 3.8) is 0 Å². The number of rotatable bonds is 30. The Morgan fingerprint density at radius 1 is 0.255 bits per heavy atom. The first-order chi connectivity index (χ1) is 47.6. The Bertz CT molecular complexity index is 1960. The third-order valence-corrected chi connectivity index (χ3v) is 29.3. The van der Waals surface area contributed by atoms with E-state index in [4.69, 9.17) is 0 Å². The molecule has 3 saturated carbocycles. The molecule has 0 heterocycles. The minimum Gasteiger partial charge on any atom is -0.244 e. The SMILES string of the molecule is CC(C)C(C(C)C)C(C)(F)C(C(C)C)C(C)C.CC(C)C(C(C)C)C(C)(F)C(C)C.CC1(C)CCC(C)(F)CC1.CC1(F)CCCC1.CC1(F)CCCCC1.CCC(C)(CC)C(C)(F)C(C)(CC)CC.CCC(C)(CC)C(C)(F)C(C)C.CCC(CC)C(C)(F)C(C)C.CCC(CC)C(C)(F)C(CC)CC. The maximum Gasteiger partial charge on any atom is 0.118 e. The second-order valence-corrected chi connectivity index (χ2v) is 40.7. The van der Waals surface area contributed by atoms with Crippen molar-refractivity contribution in [1.29, 1.82) is 0 Å². The maximum absolute atomic E-state index is 15.4. The summed E-state index contributed by atoms with van der Waals surface area (Å²) in [7, 11) is 0. The van der Waals surface area contributed by atoms with Gasteiger partial charge in [-0.1, -0.05) is 313 Å². The van der Waals surface area contributed by atoms with E-state index in [-0.39, 0.29) is 69.5 Å². The van der Waals surface area contributed by atoms with Gasteiger partial charge in [0, 0.05) is 16.2 Å². The van der Waals surface area contributed by atoms with Gasteiger partial charge in [-0.2, -0.15) is 0 Å². The van der Waals surface area contributed by atoms with Crippen LogP contribution in [0.5, 0.6) is 0 Å². The minimum atomic E-state index is -1.09. The van der Waals surface area contributed by atoms with Crippen LogP contribution in [0.4, 0.5) is 39.5 Å². The molecule has 0 saturated heterocycles. The molecule has 0 N–H and O–H groups in total. The molecule has 9 heteroatoms. The van der Waals surface area contributed by atoms with E-state index < -0.39 is 51.0 Å². The molecule has 3 atom stereocenters. The van der Waals surface area contributed by atoms with E-state index in [0.29, 0.717) is 40.9 Å². The largest absolute Gasteiger partial charge is 0.244 e. The first kappa shape index (κ1) is 116. The van der Waals surface area contributed by atoms with Crippen molar-refractivity contribution in [1.82, 2.24) is 0 Å². The van der Waals surface area contributed by atoms with Crippen molar-refractivity contribution >= 4 is 0 Å². The number of halogens is 9. The molecule has 0 aliphatic heterocycles. The molecule has 0 spiro atoms. The quantitative estimate of drug-likeness (QED) is 0.0629. The summed E-state index contributed by atoms with van der Waals surface area (Å²) < 4.78 is 126. The van der Waals surface area contributed by atoms with E-state index in [9.17, 15) is 30.7 Å². The average molecular weight is 1530 g/mol. The van der Waals surface area contributed by atoms with Crippen LogP contribution in [0.15, 0.2) is 0 Å². The minimum absolute atomic E-state index is 0.0994. The lowest BCUT2D eigenvalue weighted by molar-refractivity contribution is -0.0946. The summed E-state index contributed by atoms with van der Waals surface area (Å²) in [5, 5.41) is 0. The summed E-state index contributed by atoms with van der Waals surface area (Å²) in [6.07, 6.45) is 23.5. The van der Waals surface area contributed by atoms with Gasteiger partial charge in [0.05, 0.1) is 0 Å². The van der Waals surface area contributed by atoms with Gasteiger partial charge in [0.15, 0.2) is 0 Å². The van der Waals surface area contributed by atoms with Crippen molar-refractivity contribution in [2.75, 3.05) is 0 Å². The second-order valence-electron chi connectivity index (χ2n) is 40.7. The first-order valence-electron chi connectivity index (χ1n) is 44.8. The molecule has 648 valence electrons. The van der Waals surface area contributed by atoms with Gasteiger partial charge in [0.1, 0.15) is 51.0 Å². The Labute approximate surface area is 662 Å². The highest BCUT2D eigenvalue weighted by molar-refractivity contribution is 5.03. The Kier molecular flexibility index (Phi) is 56.3. The van der Waals surface area contributed by atoms with Crippen LogP contribution < -0.4 is 0 Å². The lowest BCUT2D eigenvalue weighted by Crippen LogP contribution is -2.51. The molecule has 0 nitrogen and oxygen atoms in total. The molecular weight excluding hydrogens is 1340 g/mol. The van der Waals surface area contributed by atoms with E-state index in [2.05, 4.69) is 194 Å². The predicted octanol–water partition coefficient (Wildman–Crippen LogP) is 36.1. The van der Waals surface area contributed by atoms with Gasteiger partial charge in [-0.15, -0.1) is 0 Å². The Balaban J connectivity index is -0.000000268. The lowest BCUT2D eigenvalue weighted by atomic mass is 9.57. The summed E-state index contributed by atoms with van der Waals surface area (Å²) >= 11 is 0. The van der Waals surface area contributed by atoms with Crippen LogP contribution in [0.25, 0.3) is 0 Å². The topological polar surface area (TPSA) is 0 Å². The summed E-state index contributed by atoms with van der Waals surface area (Å²) in [6.45, 7) is 89.0. The molecule has 0 aromatic carbocycles. The van der Waals surface area contributed by atoms with E-state index in [1.165, 1.54) is 6.42 Å². The zero-order valence-electron chi connectivity index (χ0n) is 80.2. The Hall–Kier alpha value is -0.630.